The van der Waals surface area contributed by atoms with Crippen LogP contribution in [0.5, 0.6) is 0 Å². The zero-order valence-electron chi connectivity index (χ0n) is 12.7. The van der Waals surface area contributed by atoms with Gasteiger partial charge in [-0.25, -0.2) is 0 Å². The molecule has 3 rings (SSSR count). The molecule has 0 heterocycles. The molecule has 118 valence electrons. The van der Waals surface area contributed by atoms with Gasteiger partial charge in [0, 0.05) is 15.8 Å². The van der Waals surface area contributed by atoms with Crippen LogP contribution in [0.2, 0.25) is 0 Å². The van der Waals surface area contributed by atoms with Crippen LogP contribution in [0.1, 0.15) is 18.4 Å². The topological polar surface area (TPSA) is 58.2 Å². The highest BCUT2D eigenvalue weighted by molar-refractivity contribution is 9.10. The first-order chi connectivity index (χ1) is 11.0. The predicted molar refractivity (Wildman–Crippen MR) is 94.2 cm³/mol. The number of amides is 2. The maximum absolute atomic E-state index is 12.6. The van der Waals surface area contributed by atoms with Crippen molar-refractivity contribution in [1.29, 1.82) is 0 Å². The van der Waals surface area contributed by atoms with Crippen molar-refractivity contribution in [1.82, 2.24) is 0 Å². The Hall–Kier alpha value is -2.14. The summed E-state index contributed by atoms with van der Waals surface area (Å²) in [6.07, 6.45) is 1.15. The molecule has 1 aliphatic carbocycles. The molecule has 2 aromatic carbocycles. The fourth-order valence-electron chi connectivity index (χ4n) is 2.42. The van der Waals surface area contributed by atoms with E-state index in [1.807, 2.05) is 43.3 Å². The molecule has 0 radical (unpaired) electrons. The zero-order chi connectivity index (χ0) is 16.4. The van der Waals surface area contributed by atoms with Crippen molar-refractivity contribution in [3.05, 3.63) is 58.6 Å². The average molecular weight is 373 g/mol. The van der Waals surface area contributed by atoms with Crippen LogP contribution in [0.4, 0.5) is 11.4 Å². The molecule has 1 saturated carbocycles. The summed E-state index contributed by atoms with van der Waals surface area (Å²) in [4.78, 5) is 25.1. The van der Waals surface area contributed by atoms with Crippen LogP contribution in [-0.2, 0) is 9.59 Å². The smallest absolute Gasteiger partial charge is 0.240 e. The Morgan fingerprint density at radius 2 is 1.57 bits per heavy atom. The quantitative estimate of drug-likeness (QED) is 0.793. The molecule has 0 aromatic heterocycles. The van der Waals surface area contributed by atoms with Gasteiger partial charge < -0.3 is 10.6 Å². The number of benzene rings is 2. The van der Waals surface area contributed by atoms with Crippen LogP contribution in [0.25, 0.3) is 0 Å². The van der Waals surface area contributed by atoms with E-state index < -0.39 is 5.41 Å². The van der Waals surface area contributed by atoms with Crippen molar-refractivity contribution in [2.24, 2.45) is 5.41 Å². The highest BCUT2D eigenvalue weighted by atomic mass is 79.9. The van der Waals surface area contributed by atoms with E-state index in [9.17, 15) is 9.59 Å². The SMILES string of the molecule is Cc1ccccc1NC(=O)C1(C(=O)Nc2ccc(Br)cc2)CC1. The van der Waals surface area contributed by atoms with E-state index in [1.165, 1.54) is 0 Å². The molecule has 2 amide bonds. The number of anilines is 2. The number of hydrogen-bond donors (Lipinski definition) is 2. The van der Waals surface area contributed by atoms with Gasteiger partial charge in [-0.15, -0.1) is 0 Å². The van der Waals surface area contributed by atoms with Gasteiger partial charge in [0.1, 0.15) is 5.41 Å². The van der Waals surface area contributed by atoms with Crippen LogP contribution in [0.15, 0.2) is 53.0 Å². The average Bonchev–Trinajstić information content (AvgIpc) is 3.34. The molecule has 0 spiro atoms. The predicted octanol–water partition coefficient (Wildman–Crippen LogP) is 4.11. The van der Waals surface area contributed by atoms with E-state index in [1.54, 1.807) is 12.1 Å². The minimum absolute atomic E-state index is 0.235. The van der Waals surface area contributed by atoms with Crippen LogP contribution in [0.3, 0.4) is 0 Å². The van der Waals surface area contributed by atoms with Gasteiger partial charge in [-0.1, -0.05) is 34.1 Å². The summed E-state index contributed by atoms with van der Waals surface area (Å²) >= 11 is 3.35. The van der Waals surface area contributed by atoms with Gasteiger partial charge in [-0.3, -0.25) is 9.59 Å². The van der Waals surface area contributed by atoms with Crippen molar-refractivity contribution < 1.29 is 9.59 Å². The summed E-state index contributed by atoms with van der Waals surface area (Å²) < 4.78 is 0.939. The van der Waals surface area contributed by atoms with Gasteiger partial charge in [-0.05, 0) is 55.7 Å². The molecular weight excluding hydrogens is 356 g/mol. The first-order valence-electron chi connectivity index (χ1n) is 7.45. The highest BCUT2D eigenvalue weighted by Gasteiger charge is 2.56. The number of carbonyl (C=O) groups is 2. The number of para-hydroxylation sites is 1. The molecule has 1 aliphatic rings. The number of rotatable bonds is 4. The minimum atomic E-state index is -0.949. The van der Waals surface area contributed by atoms with Crippen LogP contribution in [-0.4, -0.2) is 11.8 Å². The highest BCUT2D eigenvalue weighted by Crippen LogP contribution is 2.47. The summed E-state index contributed by atoms with van der Waals surface area (Å²) in [6, 6.07) is 14.9. The summed E-state index contributed by atoms with van der Waals surface area (Å²) in [5.41, 5.74) is 1.47. The maximum Gasteiger partial charge on any atom is 0.240 e. The first kappa shape index (κ1) is 15.7. The molecule has 1 fully saturated rings. The van der Waals surface area contributed by atoms with Gasteiger partial charge in [0.05, 0.1) is 0 Å². The van der Waals surface area contributed by atoms with E-state index in [4.69, 9.17) is 0 Å². The van der Waals surface area contributed by atoms with Gasteiger partial charge in [0.25, 0.3) is 0 Å². The van der Waals surface area contributed by atoms with Crippen LogP contribution >= 0.6 is 15.9 Å². The Labute approximate surface area is 143 Å². The number of aryl methyl sites for hydroxylation is 1. The standard InChI is InChI=1S/C18H17BrN2O2/c1-12-4-2-3-5-15(12)21-17(23)18(10-11-18)16(22)20-14-8-6-13(19)7-9-14/h2-9H,10-11H2,1H3,(H,20,22)(H,21,23). The first-order valence-corrected chi connectivity index (χ1v) is 8.25. The summed E-state index contributed by atoms with van der Waals surface area (Å²) in [5.74, 6) is -0.479. The largest absolute Gasteiger partial charge is 0.325 e. The lowest BCUT2D eigenvalue weighted by Gasteiger charge is -2.16. The molecule has 2 N–H and O–H groups in total. The van der Waals surface area contributed by atoms with Gasteiger partial charge in [0.2, 0.25) is 11.8 Å². The lowest BCUT2D eigenvalue weighted by Crippen LogP contribution is -2.35. The molecule has 0 bridgehead atoms. The Kier molecular flexibility index (Phi) is 4.22. The van der Waals surface area contributed by atoms with Crippen molar-refractivity contribution in [2.75, 3.05) is 10.6 Å². The van der Waals surface area contributed by atoms with E-state index in [2.05, 4.69) is 26.6 Å². The summed E-state index contributed by atoms with van der Waals surface area (Å²) in [5, 5.41) is 5.71. The van der Waals surface area contributed by atoms with Crippen LogP contribution < -0.4 is 10.6 Å². The van der Waals surface area contributed by atoms with Gasteiger partial charge in [0.15, 0.2) is 0 Å². The van der Waals surface area contributed by atoms with E-state index in [0.29, 0.717) is 18.5 Å². The van der Waals surface area contributed by atoms with Crippen molar-refractivity contribution in [3.63, 3.8) is 0 Å². The molecular formula is C18H17BrN2O2. The van der Waals surface area contributed by atoms with Crippen LogP contribution in [0, 0.1) is 12.3 Å². The molecule has 2 aromatic rings. The zero-order valence-corrected chi connectivity index (χ0v) is 14.3. The molecule has 0 atom stereocenters. The van der Waals surface area contributed by atoms with Gasteiger partial charge >= 0.3 is 0 Å². The lowest BCUT2D eigenvalue weighted by atomic mass is 10.0. The van der Waals surface area contributed by atoms with Crippen molar-refractivity contribution in [3.8, 4) is 0 Å². The van der Waals surface area contributed by atoms with E-state index in [0.717, 1.165) is 15.7 Å². The Morgan fingerprint density at radius 1 is 0.957 bits per heavy atom. The van der Waals surface area contributed by atoms with E-state index >= 15 is 0 Å². The summed E-state index contributed by atoms with van der Waals surface area (Å²) in [6.45, 7) is 1.93. The maximum atomic E-state index is 12.6. The third-order valence-electron chi connectivity index (χ3n) is 4.11. The van der Waals surface area contributed by atoms with Crippen molar-refractivity contribution in [2.45, 2.75) is 19.8 Å². The fourth-order valence-corrected chi connectivity index (χ4v) is 2.69. The second-order valence-corrected chi connectivity index (χ2v) is 6.73. The second kappa shape index (κ2) is 6.16. The lowest BCUT2D eigenvalue weighted by molar-refractivity contribution is -0.131. The Morgan fingerprint density at radius 3 is 2.17 bits per heavy atom. The number of hydrogen-bond acceptors (Lipinski definition) is 2. The minimum Gasteiger partial charge on any atom is -0.325 e. The Bertz CT molecular complexity index is 752. The number of carbonyl (C=O) groups excluding carboxylic acids is 2. The van der Waals surface area contributed by atoms with Gasteiger partial charge in [-0.2, -0.15) is 0 Å². The number of nitrogens with one attached hydrogen (secondary N) is 2. The second-order valence-electron chi connectivity index (χ2n) is 5.81. The summed E-state index contributed by atoms with van der Waals surface area (Å²) in [7, 11) is 0. The molecule has 0 saturated heterocycles. The molecule has 4 nitrogen and oxygen atoms in total. The monoisotopic (exact) mass is 372 g/mol. The third-order valence-corrected chi connectivity index (χ3v) is 4.64. The normalized spacial score (nSPS) is 14.9. The molecule has 5 heteroatoms. The Balaban J connectivity index is 1.71. The molecule has 0 aliphatic heterocycles. The van der Waals surface area contributed by atoms with E-state index in [-0.39, 0.29) is 11.8 Å². The third kappa shape index (κ3) is 3.29. The fraction of sp³-hybridized carbons (Fsp3) is 0.222. The molecule has 23 heavy (non-hydrogen) atoms. The molecule has 0 unspecified atom stereocenters. The number of halogens is 1. The van der Waals surface area contributed by atoms with Crippen molar-refractivity contribution >= 4 is 39.1 Å².